The molecule has 0 aromatic heterocycles. The second-order valence-corrected chi connectivity index (χ2v) is 10.8. The Bertz CT molecular complexity index is 1360. The minimum absolute atomic E-state index is 0.0990. The highest BCUT2D eigenvalue weighted by molar-refractivity contribution is 6.12. The molecule has 1 heterocycles. The fraction of sp³-hybridized carbons (Fsp3) is 0.344. The van der Waals surface area contributed by atoms with Crippen LogP contribution in [0.3, 0.4) is 0 Å². The third-order valence-electron chi connectivity index (χ3n) is 7.93. The number of hydrogen-bond donors (Lipinski definition) is 3. The maximum absolute atomic E-state index is 14.0. The van der Waals surface area contributed by atoms with Gasteiger partial charge in [-0.2, -0.15) is 0 Å². The molecule has 7 nitrogen and oxygen atoms in total. The van der Waals surface area contributed by atoms with E-state index >= 15 is 0 Å². The Balaban J connectivity index is 1.46. The van der Waals surface area contributed by atoms with Crippen LogP contribution in [-0.2, 0) is 4.79 Å². The molecular formula is C32H36N4O3. The molecule has 0 spiro atoms. The van der Waals surface area contributed by atoms with Gasteiger partial charge in [-0.15, -0.1) is 0 Å². The summed E-state index contributed by atoms with van der Waals surface area (Å²) >= 11 is 0. The van der Waals surface area contributed by atoms with Gasteiger partial charge in [-0.05, 0) is 80.5 Å². The molecule has 1 fully saturated rings. The van der Waals surface area contributed by atoms with Crippen LogP contribution in [0.4, 0.5) is 11.4 Å². The smallest absolute Gasteiger partial charge is 0.258 e. The molecule has 39 heavy (non-hydrogen) atoms. The molecule has 202 valence electrons. The fourth-order valence-corrected chi connectivity index (χ4v) is 5.87. The van der Waals surface area contributed by atoms with Gasteiger partial charge < -0.3 is 16.4 Å². The lowest BCUT2D eigenvalue weighted by atomic mass is 9.81. The van der Waals surface area contributed by atoms with Crippen LogP contribution in [0.25, 0.3) is 0 Å². The summed E-state index contributed by atoms with van der Waals surface area (Å²) < 4.78 is 0. The predicted octanol–water partition coefficient (Wildman–Crippen LogP) is 5.22. The van der Waals surface area contributed by atoms with Crippen LogP contribution in [0.15, 0.2) is 72.8 Å². The van der Waals surface area contributed by atoms with E-state index in [1.807, 2.05) is 55.5 Å². The molecular weight excluding hydrogens is 488 g/mol. The fourth-order valence-electron chi connectivity index (χ4n) is 5.87. The molecule has 2 aliphatic rings. The van der Waals surface area contributed by atoms with Crippen molar-refractivity contribution in [3.05, 3.63) is 95.1 Å². The number of nitrogens with zero attached hydrogens (tertiary/aromatic N) is 1. The van der Waals surface area contributed by atoms with Crippen LogP contribution >= 0.6 is 0 Å². The summed E-state index contributed by atoms with van der Waals surface area (Å²) in [6.07, 6.45) is 4.53. The lowest BCUT2D eigenvalue weighted by molar-refractivity contribution is -0.116. The number of carbonyl (C=O) groups excluding carboxylic acids is 3. The monoisotopic (exact) mass is 524 g/mol. The van der Waals surface area contributed by atoms with E-state index < -0.39 is 6.04 Å². The van der Waals surface area contributed by atoms with Gasteiger partial charge in [0.2, 0.25) is 5.91 Å². The van der Waals surface area contributed by atoms with E-state index in [2.05, 4.69) is 10.6 Å². The summed E-state index contributed by atoms with van der Waals surface area (Å²) in [6, 6.07) is 21.7. The summed E-state index contributed by atoms with van der Waals surface area (Å²) in [7, 11) is 0. The Labute approximate surface area is 229 Å². The second kappa shape index (κ2) is 11.8. The van der Waals surface area contributed by atoms with Crippen molar-refractivity contribution < 1.29 is 14.4 Å². The number of amides is 3. The van der Waals surface area contributed by atoms with Gasteiger partial charge in [0.25, 0.3) is 11.8 Å². The highest BCUT2D eigenvalue weighted by Crippen LogP contribution is 2.39. The topological polar surface area (TPSA) is 105 Å². The van der Waals surface area contributed by atoms with Crippen LogP contribution < -0.4 is 21.3 Å². The molecule has 5 rings (SSSR count). The molecule has 3 aromatic carbocycles. The zero-order chi connectivity index (χ0) is 27.4. The quantitative estimate of drug-likeness (QED) is 0.411. The lowest BCUT2D eigenvalue weighted by Gasteiger charge is -2.31. The van der Waals surface area contributed by atoms with Gasteiger partial charge in [-0.1, -0.05) is 54.4 Å². The van der Waals surface area contributed by atoms with Crippen molar-refractivity contribution in [1.29, 1.82) is 0 Å². The standard InChI is InChI=1S/C32H36N4O3/c1-21-7-5-12-26(15-21)32(39)36-28-14-13-25(31(38)34-20-23-9-6-8-22(16-23)19-33)17-27(28)35-30(37)18-29(36)24-10-3-2-4-11-24/h2-5,7,10-15,17,22-23,29H,6,8-9,16,18-20,33H2,1H3,(H,34,38)(H,35,37). The molecule has 4 N–H and O–H groups in total. The van der Waals surface area contributed by atoms with Gasteiger partial charge in [0.15, 0.2) is 0 Å². The number of anilines is 2. The summed E-state index contributed by atoms with van der Waals surface area (Å²) in [5, 5.41) is 6.03. The molecule has 0 radical (unpaired) electrons. The SMILES string of the molecule is Cc1cccc(C(=O)N2c3ccc(C(=O)NCC4CCCC(CN)C4)cc3NC(=O)CC2c2ccccc2)c1. The van der Waals surface area contributed by atoms with Gasteiger partial charge in [-0.3, -0.25) is 19.3 Å². The Morgan fingerprint density at radius 1 is 0.974 bits per heavy atom. The molecule has 1 aliphatic heterocycles. The molecule has 1 aliphatic carbocycles. The number of fused-ring (bicyclic) bond motifs is 1. The second-order valence-electron chi connectivity index (χ2n) is 10.8. The number of rotatable bonds is 6. The first-order chi connectivity index (χ1) is 18.9. The van der Waals surface area contributed by atoms with E-state index in [9.17, 15) is 14.4 Å². The number of benzene rings is 3. The van der Waals surface area contributed by atoms with Crippen LogP contribution in [0.1, 0.15) is 70.0 Å². The number of aryl methyl sites for hydroxylation is 1. The van der Waals surface area contributed by atoms with Crippen LogP contribution in [0.5, 0.6) is 0 Å². The van der Waals surface area contributed by atoms with Gasteiger partial charge >= 0.3 is 0 Å². The average Bonchev–Trinajstić information content (AvgIpc) is 3.11. The molecule has 7 heteroatoms. The third-order valence-corrected chi connectivity index (χ3v) is 7.93. The van der Waals surface area contributed by atoms with E-state index in [1.165, 1.54) is 0 Å². The predicted molar refractivity (Wildman–Crippen MR) is 154 cm³/mol. The van der Waals surface area contributed by atoms with Gasteiger partial charge in [0.05, 0.1) is 23.8 Å². The summed E-state index contributed by atoms with van der Waals surface area (Å²) in [5.41, 5.74) is 9.72. The Morgan fingerprint density at radius 2 is 1.77 bits per heavy atom. The Morgan fingerprint density at radius 3 is 2.54 bits per heavy atom. The number of hydrogen-bond acceptors (Lipinski definition) is 4. The zero-order valence-electron chi connectivity index (χ0n) is 22.4. The molecule has 3 aromatic rings. The molecule has 3 amide bonds. The molecule has 0 saturated heterocycles. The van der Waals surface area contributed by atoms with Crippen LogP contribution in [0.2, 0.25) is 0 Å². The van der Waals surface area contributed by atoms with Gasteiger partial charge in [-0.25, -0.2) is 0 Å². The van der Waals surface area contributed by atoms with E-state index in [0.29, 0.717) is 47.4 Å². The molecule has 3 unspecified atom stereocenters. The van der Waals surface area contributed by atoms with Crippen molar-refractivity contribution in [3.8, 4) is 0 Å². The van der Waals surface area contributed by atoms with Crippen molar-refractivity contribution in [2.24, 2.45) is 17.6 Å². The van der Waals surface area contributed by atoms with Crippen molar-refractivity contribution in [2.75, 3.05) is 23.3 Å². The van der Waals surface area contributed by atoms with Gasteiger partial charge in [0, 0.05) is 17.7 Å². The number of carbonyl (C=O) groups is 3. The van der Waals surface area contributed by atoms with Crippen molar-refractivity contribution in [3.63, 3.8) is 0 Å². The average molecular weight is 525 g/mol. The maximum atomic E-state index is 14.0. The van der Waals surface area contributed by atoms with Gasteiger partial charge in [0.1, 0.15) is 0 Å². The molecule has 1 saturated carbocycles. The first-order valence-electron chi connectivity index (χ1n) is 13.8. The van der Waals surface area contributed by atoms with E-state index in [0.717, 1.165) is 36.8 Å². The Hall–Kier alpha value is -3.97. The van der Waals surface area contributed by atoms with E-state index in [-0.39, 0.29) is 24.1 Å². The number of nitrogens with one attached hydrogen (secondary N) is 2. The summed E-state index contributed by atoms with van der Waals surface area (Å²) in [6.45, 7) is 3.24. The first-order valence-corrected chi connectivity index (χ1v) is 13.8. The largest absolute Gasteiger partial charge is 0.352 e. The normalized spacial score (nSPS) is 20.9. The lowest BCUT2D eigenvalue weighted by Crippen LogP contribution is -2.35. The Kier molecular flexibility index (Phi) is 8.07. The first kappa shape index (κ1) is 26.6. The van der Waals surface area contributed by atoms with Crippen molar-refractivity contribution in [2.45, 2.75) is 45.1 Å². The minimum Gasteiger partial charge on any atom is -0.352 e. The third kappa shape index (κ3) is 6.04. The highest BCUT2D eigenvalue weighted by atomic mass is 16.2. The van der Waals surface area contributed by atoms with Crippen LogP contribution in [0, 0.1) is 18.8 Å². The van der Waals surface area contributed by atoms with Crippen molar-refractivity contribution >= 4 is 29.1 Å². The van der Waals surface area contributed by atoms with E-state index in [4.69, 9.17) is 5.73 Å². The number of nitrogens with two attached hydrogens (primary N) is 1. The van der Waals surface area contributed by atoms with Crippen molar-refractivity contribution in [1.82, 2.24) is 5.32 Å². The summed E-state index contributed by atoms with van der Waals surface area (Å²) in [5.74, 6) is 0.345. The highest BCUT2D eigenvalue weighted by Gasteiger charge is 2.34. The minimum atomic E-state index is -0.498. The maximum Gasteiger partial charge on any atom is 0.258 e. The summed E-state index contributed by atoms with van der Waals surface area (Å²) in [4.78, 5) is 41.9. The molecule has 0 bridgehead atoms. The van der Waals surface area contributed by atoms with Crippen LogP contribution in [-0.4, -0.2) is 30.8 Å². The van der Waals surface area contributed by atoms with E-state index in [1.54, 1.807) is 29.2 Å². The molecule has 3 atom stereocenters. The zero-order valence-corrected chi connectivity index (χ0v) is 22.4.